The molecular weight excluding hydrogens is 214 g/mol. The topological polar surface area (TPSA) is 30.5 Å². The molecule has 0 saturated carbocycles. The molecule has 0 radical (unpaired) electrons. The van der Waals surface area contributed by atoms with Crippen molar-refractivity contribution in [3.63, 3.8) is 0 Å². The quantitative estimate of drug-likeness (QED) is 0.702. The zero-order valence-electron chi connectivity index (χ0n) is 10.6. The van der Waals surface area contributed by atoms with E-state index in [0.717, 1.165) is 18.7 Å². The summed E-state index contributed by atoms with van der Waals surface area (Å²) in [7, 11) is 3.63. The molecule has 0 atom stereocenters. The Labute approximate surface area is 103 Å². The summed E-state index contributed by atoms with van der Waals surface area (Å²) in [6, 6.07) is 8.07. The van der Waals surface area contributed by atoms with Crippen molar-refractivity contribution in [3.05, 3.63) is 35.9 Å². The van der Waals surface area contributed by atoms with Crippen molar-refractivity contribution in [3.8, 4) is 5.75 Å². The van der Waals surface area contributed by atoms with E-state index in [1.54, 1.807) is 7.11 Å². The van der Waals surface area contributed by atoms with Crippen molar-refractivity contribution < 1.29 is 9.47 Å². The van der Waals surface area contributed by atoms with Crippen LogP contribution in [0.15, 0.2) is 30.3 Å². The number of hydrogen-bond acceptors (Lipinski definition) is 3. The first-order valence-electron chi connectivity index (χ1n) is 5.89. The summed E-state index contributed by atoms with van der Waals surface area (Å²) >= 11 is 0. The summed E-state index contributed by atoms with van der Waals surface area (Å²) in [6.45, 7) is 2.22. The molecule has 0 aliphatic carbocycles. The van der Waals surface area contributed by atoms with E-state index < -0.39 is 0 Å². The average molecular weight is 235 g/mol. The molecule has 0 bridgehead atoms. The third kappa shape index (κ3) is 6.09. The first-order valence-corrected chi connectivity index (χ1v) is 5.89. The van der Waals surface area contributed by atoms with Crippen molar-refractivity contribution in [2.75, 3.05) is 33.9 Å². The molecule has 94 valence electrons. The number of methoxy groups -OCH3 is 1. The molecule has 0 unspecified atom stereocenters. The lowest BCUT2D eigenvalue weighted by molar-refractivity contribution is 0.146. The van der Waals surface area contributed by atoms with Gasteiger partial charge in [-0.25, -0.2) is 0 Å². The number of rotatable bonds is 8. The van der Waals surface area contributed by atoms with Crippen molar-refractivity contribution in [1.29, 1.82) is 0 Å². The van der Waals surface area contributed by atoms with Crippen molar-refractivity contribution in [1.82, 2.24) is 5.32 Å². The normalized spacial score (nSPS) is 10.9. The Bertz CT molecular complexity index is 319. The van der Waals surface area contributed by atoms with Gasteiger partial charge in [0.15, 0.2) is 0 Å². The van der Waals surface area contributed by atoms with Crippen molar-refractivity contribution in [2.24, 2.45) is 0 Å². The maximum atomic E-state index is 5.49. The van der Waals surface area contributed by atoms with Crippen molar-refractivity contribution in [2.45, 2.75) is 6.42 Å². The van der Waals surface area contributed by atoms with Crippen LogP contribution in [0, 0.1) is 0 Å². The van der Waals surface area contributed by atoms with E-state index in [2.05, 4.69) is 29.6 Å². The van der Waals surface area contributed by atoms with Crippen LogP contribution in [-0.2, 0) is 4.74 Å². The van der Waals surface area contributed by atoms with E-state index in [1.165, 1.54) is 5.56 Å². The Balaban J connectivity index is 2.36. The molecule has 1 rings (SSSR count). The Kier molecular flexibility index (Phi) is 7.11. The Morgan fingerprint density at radius 1 is 1.18 bits per heavy atom. The third-order valence-corrected chi connectivity index (χ3v) is 2.31. The maximum Gasteiger partial charge on any atom is 0.119 e. The van der Waals surface area contributed by atoms with Crippen LogP contribution in [-0.4, -0.2) is 33.9 Å². The van der Waals surface area contributed by atoms with E-state index in [1.807, 2.05) is 19.2 Å². The zero-order chi connectivity index (χ0) is 12.3. The molecule has 3 nitrogen and oxygen atoms in total. The van der Waals surface area contributed by atoms with Crippen LogP contribution in [0.1, 0.15) is 12.0 Å². The molecule has 0 aliphatic heterocycles. The highest BCUT2D eigenvalue weighted by Gasteiger charge is 1.93. The fourth-order valence-electron chi connectivity index (χ4n) is 1.37. The SMILES string of the molecule is CNCCC=Cc1ccc(OCCOC)cc1. The highest BCUT2D eigenvalue weighted by molar-refractivity contribution is 5.50. The molecule has 0 amide bonds. The van der Waals surface area contributed by atoms with Crippen LogP contribution in [0.4, 0.5) is 0 Å². The van der Waals surface area contributed by atoms with Crippen LogP contribution in [0.25, 0.3) is 6.08 Å². The molecule has 0 saturated heterocycles. The van der Waals surface area contributed by atoms with Crippen LogP contribution in [0.5, 0.6) is 5.75 Å². The van der Waals surface area contributed by atoms with Crippen LogP contribution in [0.3, 0.4) is 0 Å². The first-order chi connectivity index (χ1) is 8.36. The summed E-state index contributed by atoms with van der Waals surface area (Å²) in [6.07, 6.45) is 5.33. The number of hydrogen-bond donors (Lipinski definition) is 1. The highest BCUT2D eigenvalue weighted by atomic mass is 16.5. The second-order valence-corrected chi connectivity index (χ2v) is 3.70. The van der Waals surface area contributed by atoms with Crippen molar-refractivity contribution >= 4 is 6.08 Å². The summed E-state index contributed by atoms with van der Waals surface area (Å²) < 4.78 is 10.4. The first kappa shape index (κ1) is 13.7. The van der Waals surface area contributed by atoms with Crippen LogP contribution >= 0.6 is 0 Å². The third-order valence-electron chi connectivity index (χ3n) is 2.31. The van der Waals surface area contributed by atoms with Crippen LogP contribution < -0.4 is 10.1 Å². The summed E-state index contributed by atoms with van der Waals surface area (Å²) in [5.74, 6) is 0.884. The fourth-order valence-corrected chi connectivity index (χ4v) is 1.37. The minimum Gasteiger partial charge on any atom is -0.491 e. The molecule has 0 spiro atoms. The molecule has 0 aromatic heterocycles. The lowest BCUT2D eigenvalue weighted by atomic mass is 10.2. The van der Waals surface area contributed by atoms with Gasteiger partial charge in [-0.2, -0.15) is 0 Å². The van der Waals surface area contributed by atoms with E-state index in [9.17, 15) is 0 Å². The van der Waals surface area contributed by atoms with Gasteiger partial charge in [0.25, 0.3) is 0 Å². The summed E-state index contributed by atoms with van der Waals surface area (Å²) in [5, 5.41) is 3.11. The van der Waals surface area contributed by atoms with Gasteiger partial charge in [0.2, 0.25) is 0 Å². The standard InChI is InChI=1S/C14H21NO2/c1-15-10-4-3-5-13-6-8-14(9-7-13)17-12-11-16-2/h3,5-9,15H,4,10-12H2,1-2H3. The van der Waals surface area contributed by atoms with E-state index in [-0.39, 0.29) is 0 Å². The second-order valence-electron chi connectivity index (χ2n) is 3.70. The van der Waals surface area contributed by atoms with E-state index in [0.29, 0.717) is 13.2 Å². The molecule has 1 aromatic carbocycles. The number of ether oxygens (including phenoxy) is 2. The van der Waals surface area contributed by atoms with Gasteiger partial charge in [-0.15, -0.1) is 0 Å². The van der Waals surface area contributed by atoms with Gasteiger partial charge in [-0.3, -0.25) is 0 Å². The minimum absolute atomic E-state index is 0.591. The molecule has 0 fully saturated rings. The predicted molar refractivity (Wildman–Crippen MR) is 71.4 cm³/mol. The molecular formula is C14H21NO2. The van der Waals surface area contributed by atoms with E-state index >= 15 is 0 Å². The van der Waals surface area contributed by atoms with E-state index in [4.69, 9.17) is 9.47 Å². The monoisotopic (exact) mass is 235 g/mol. The van der Waals surface area contributed by atoms with Gasteiger partial charge in [0.1, 0.15) is 12.4 Å². The van der Waals surface area contributed by atoms with Gasteiger partial charge in [-0.1, -0.05) is 24.3 Å². The molecule has 0 heterocycles. The molecule has 1 N–H and O–H groups in total. The largest absolute Gasteiger partial charge is 0.491 e. The van der Waals surface area contributed by atoms with Gasteiger partial charge in [0, 0.05) is 7.11 Å². The summed E-state index contributed by atoms with van der Waals surface area (Å²) in [4.78, 5) is 0. The lowest BCUT2D eigenvalue weighted by Crippen LogP contribution is -2.05. The van der Waals surface area contributed by atoms with Gasteiger partial charge in [-0.05, 0) is 37.7 Å². The Morgan fingerprint density at radius 2 is 1.94 bits per heavy atom. The average Bonchev–Trinajstić information content (AvgIpc) is 2.37. The Hall–Kier alpha value is -1.32. The lowest BCUT2D eigenvalue weighted by Gasteiger charge is -2.05. The van der Waals surface area contributed by atoms with Gasteiger partial charge >= 0.3 is 0 Å². The maximum absolute atomic E-state index is 5.49. The van der Waals surface area contributed by atoms with Gasteiger partial charge < -0.3 is 14.8 Å². The molecule has 3 heteroatoms. The molecule has 1 aromatic rings. The second kappa shape index (κ2) is 8.79. The highest BCUT2D eigenvalue weighted by Crippen LogP contribution is 2.13. The van der Waals surface area contributed by atoms with Gasteiger partial charge in [0.05, 0.1) is 6.61 Å². The smallest absolute Gasteiger partial charge is 0.119 e. The number of nitrogens with one attached hydrogen (secondary N) is 1. The Morgan fingerprint density at radius 3 is 2.59 bits per heavy atom. The zero-order valence-corrected chi connectivity index (χ0v) is 10.6. The number of benzene rings is 1. The molecule has 0 aliphatic rings. The fraction of sp³-hybridized carbons (Fsp3) is 0.429. The summed E-state index contributed by atoms with van der Waals surface area (Å²) in [5.41, 5.74) is 1.19. The predicted octanol–water partition coefficient (Wildman–Crippen LogP) is 2.33. The molecule has 17 heavy (non-hydrogen) atoms. The van der Waals surface area contributed by atoms with Crippen LogP contribution in [0.2, 0.25) is 0 Å². The minimum atomic E-state index is 0.591.